The molecule has 3 rings (SSSR count). The average molecular weight is 289 g/mol. The van der Waals surface area contributed by atoms with Crippen molar-refractivity contribution in [3.05, 3.63) is 41.2 Å². The van der Waals surface area contributed by atoms with Gasteiger partial charge in [0.2, 0.25) is 0 Å². The monoisotopic (exact) mass is 289 g/mol. The zero-order chi connectivity index (χ0) is 13.8. The molecule has 1 heterocycles. The third-order valence-corrected chi connectivity index (χ3v) is 3.79. The number of fused-ring (bicyclic) bond motifs is 1. The van der Waals surface area contributed by atoms with Gasteiger partial charge in [-0.2, -0.15) is 8.75 Å². The van der Waals surface area contributed by atoms with Gasteiger partial charge in [-0.1, -0.05) is 5.16 Å². The van der Waals surface area contributed by atoms with Gasteiger partial charge in [-0.15, -0.1) is 0 Å². The Kier molecular flexibility index (Phi) is 3.92. The van der Waals surface area contributed by atoms with Gasteiger partial charge in [0.1, 0.15) is 11.4 Å². The lowest BCUT2D eigenvalue weighted by molar-refractivity contribution is 0.127. The fourth-order valence-corrected chi connectivity index (χ4v) is 2.71. The van der Waals surface area contributed by atoms with Gasteiger partial charge < -0.3 is 9.57 Å². The van der Waals surface area contributed by atoms with E-state index in [1.165, 1.54) is 17.3 Å². The van der Waals surface area contributed by atoms with Gasteiger partial charge in [0.25, 0.3) is 0 Å². The van der Waals surface area contributed by atoms with Gasteiger partial charge in [-0.3, -0.25) is 0 Å². The molecular formula is C14H15N3O2S. The Labute approximate surface area is 121 Å². The first-order valence-electron chi connectivity index (χ1n) is 6.49. The maximum absolute atomic E-state index is 5.39. The predicted octanol–water partition coefficient (Wildman–Crippen LogP) is 2.80. The van der Waals surface area contributed by atoms with Crippen LogP contribution < -0.4 is 4.74 Å². The molecule has 0 saturated heterocycles. The van der Waals surface area contributed by atoms with Crippen LogP contribution in [-0.4, -0.2) is 21.6 Å². The highest BCUT2D eigenvalue weighted by Crippen LogP contribution is 2.26. The summed E-state index contributed by atoms with van der Waals surface area (Å²) in [6.07, 6.45) is 4.78. The molecular weight excluding hydrogens is 274 g/mol. The van der Waals surface area contributed by atoms with E-state index >= 15 is 0 Å². The number of nitrogens with zero attached hydrogens (tertiary/aromatic N) is 3. The van der Waals surface area contributed by atoms with Crippen molar-refractivity contribution in [2.75, 3.05) is 7.11 Å². The first-order valence-corrected chi connectivity index (χ1v) is 7.22. The zero-order valence-electron chi connectivity index (χ0n) is 11.2. The molecule has 1 aromatic carbocycles. The maximum Gasteiger partial charge on any atom is 0.161 e. The molecule has 0 radical (unpaired) electrons. The Morgan fingerprint density at radius 2 is 2.30 bits per heavy atom. The minimum absolute atomic E-state index is 0.367. The molecule has 0 fully saturated rings. The van der Waals surface area contributed by atoms with E-state index in [-0.39, 0.29) is 0 Å². The molecule has 0 spiro atoms. The lowest BCUT2D eigenvalue weighted by Gasteiger charge is -2.18. The second-order valence-electron chi connectivity index (χ2n) is 4.59. The van der Waals surface area contributed by atoms with E-state index in [0.29, 0.717) is 6.61 Å². The highest BCUT2D eigenvalue weighted by molar-refractivity contribution is 6.99. The summed E-state index contributed by atoms with van der Waals surface area (Å²) in [6.45, 7) is 0.367. The van der Waals surface area contributed by atoms with Crippen LogP contribution in [0.25, 0.3) is 0 Å². The zero-order valence-corrected chi connectivity index (χ0v) is 12.0. The molecule has 0 N–H and O–H groups in total. The topological polar surface area (TPSA) is 56.6 Å². The van der Waals surface area contributed by atoms with Crippen LogP contribution >= 0.6 is 11.7 Å². The summed E-state index contributed by atoms with van der Waals surface area (Å²) in [7, 11) is 1.69. The van der Waals surface area contributed by atoms with Crippen LogP contribution in [0.5, 0.6) is 5.75 Å². The highest BCUT2D eigenvalue weighted by Gasteiger charge is 2.16. The number of methoxy groups -OCH3 is 1. The number of aryl methyl sites for hydroxylation is 1. The first kappa shape index (κ1) is 13.1. The van der Waals surface area contributed by atoms with Crippen molar-refractivity contribution in [2.24, 2.45) is 5.16 Å². The van der Waals surface area contributed by atoms with E-state index in [2.05, 4.69) is 26.0 Å². The molecule has 2 aromatic rings. The second kappa shape index (κ2) is 6.00. The predicted molar refractivity (Wildman–Crippen MR) is 77.2 cm³/mol. The molecule has 0 aliphatic heterocycles. The Morgan fingerprint density at radius 3 is 3.10 bits per heavy atom. The van der Waals surface area contributed by atoms with E-state index in [1.807, 2.05) is 6.07 Å². The molecule has 20 heavy (non-hydrogen) atoms. The summed E-state index contributed by atoms with van der Waals surface area (Å²) in [5.74, 6) is 0.888. The number of ether oxygens (including phenoxy) is 1. The van der Waals surface area contributed by atoms with Gasteiger partial charge in [-0.25, -0.2) is 0 Å². The minimum Gasteiger partial charge on any atom is -0.497 e. The van der Waals surface area contributed by atoms with Gasteiger partial charge in [0, 0.05) is 5.56 Å². The first-order chi connectivity index (χ1) is 9.86. The van der Waals surface area contributed by atoms with Gasteiger partial charge in [0.15, 0.2) is 6.61 Å². The molecule has 0 saturated carbocycles. The van der Waals surface area contributed by atoms with Gasteiger partial charge in [0.05, 0.1) is 30.7 Å². The highest BCUT2D eigenvalue weighted by atomic mass is 32.1. The summed E-state index contributed by atoms with van der Waals surface area (Å²) in [6, 6.07) is 6.10. The van der Waals surface area contributed by atoms with Crippen LogP contribution in [-0.2, 0) is 17.9 Å². The van der Waals surface area contributed by atoms with Crippen molar-refractivity contribution in [3.63, 3.8) is 0 Å². The van der Waals surface area contributed by atoms with Crippen LogP contribution in [0.3, 0.4) is 0 Å². The Bertz CT molecular complexity index is 611. The normalized spacial score (nSPS) is 15.9. The number of hydrogen-bond acceptors (Lipinski definition) is 6. The molecule has 1 aliphatic carbocycles. The Hall–Kier alpha value is -1.95. The fourth-order valence-electron chi connectivity index (χ4n) is 2.29. The Morgan fingerprint density at radius 1 is 1.35 bits per heavy atom. The third-order valence-electron chi connectivity index (χ3n) is 3.28. The summed E-state index contributed by atoms with van der Waals surface area (Å²) in [5.41, 5.74) is 4.24. The van der Waals surface area contributed by atoms with Crippen molar-refractivity contribution in [1.82, 2.24) is 8.75 Å². The van der Waals surface area contributed by atoms with Crippen molar-refractivity contribution in [3.8, 4) is 5.75 Å². The van der Waals surface area contributed by atoms with Crippen LogP contribution in [0, 0.1) is 0 Å². The lowest BCUT2D eigenvalue weighted by Crippen LogP contribution is -2.12. The van der Waals surface area contributed by atoms with E-state index in [0.717, 1.165) is 42.0 Å². The van der Waals surface area contributed by atoms with Crippen LogP contribution in [0.15, 0.2) is 29.6 Å². The second-order valence-corrected chi connectivity index (χ2v) is 5.14. The minimum atomic E-state index is 0.367. The lowest BCUT2D eigenvalue weighted by atomic mass is 9.90. The van der Waals surface area contributed by atoms with Crippen molar-refractivity contribution >= 4 is 17.4 Å². The standard InChI is InChI=1S/C14H15N3O2S/c1-18-12-5-6-13-10(7-12)3-2-4-14(13)16-19-9-11-8-15-20-17-11/h5-8H,2-4,9H2,1H3/b16-14-. The molecule has 0 bridgehead atoms. The van der Waals surface area contributed by atoms with E-state index in [1.54, 1.807) is 13.3 Å². The third kappa shape index (κ3) is 2.80. The van der Waals surface area contributed by atoms with Crippen LogP contribution in [0.4, 0.5) is 0 Å². The molecule has 1 aliphatic rings. The molecule has 5 nitrogen and oxygen atoms in total. The summed E-state index contributed by atoms with van der Waals surface area (Å²) < 4.78 is 13.3. The number of hydrogen-bond donors (Lipinski definition) is 0. The number of rotatable bonds is 4. The molecule has 0 unspecified atom stereocenters. The maximum atomic E-state index is 5.39. The smallest absolute Gasteiger partial charge is 0.161 e. The fraction of sp³-hybridized carbons (Fsp3) is 0.357. The summed E-state index contributed by atoms with van der Waals surface area (Å²) in [5, 5.41) is 4.27. The summed E-state index contributed by atoms with van der Waals surface area (Å²) >= 11 is 1.18. The number of benzene rings is 1. The van der Waals surface area contributed by atoms with Crippen molar-refractivity contribution in [1.29, 1.82) is 0 Å². The SMILES string of the molecule is COc1ccc2c(c1)CCC/C2=N/OCc1cnsn1. The average Bonchev–Trinajstić information content (AvgIpc) is 3.00. The van der Waals surface area contributed by atoms with Crippen LogP contribution in [0.2, 0.25) is 0 Å². The van der Waals surface area contributed by atoms with Gasteiger partial charge in [-0.05, 0) is 43.0 Å². The van der Waals surface area contributed by atoms with Crippen molar-refractivity contribution < 1.29 is 9.57 Å². The van der Waals surface area contributed by atoms with Gasteiger partial charge >= 0.3 is 0 Å². The number of aromatic nitrogens is 2. The largest absolute Gasteiger partial charge is 0.497 e. The molecule has 1 aromatic heterocycles. The van der Waals surface area contributed by atoms with E-state index in [9.17, 15) is 0 Å². The molecule has 6 heteroatoms. The molecule has 0 atom stereocenters. The summed E-state index contributed by atoms with van der Waals surface area (Å²) in [4.78, 5) is 5.39. The molecule has 0 amide bonds. The van der Waals surface area contributed by atoms with Crippen LogP contribution in [0.1, 0.15) is 29.7 Å². The van der Waals surface area contributed by atoms with Crippen molar-refractivity contribution in [2.45, 2.75) is 25.9 Å². The quantitative estimate of drug-likeness (QED) is 0.812. The van der Waals surface area contributed by atoms with E-state index < -0.39 is 0 Å². The van der Waals surface area contributed by atoms with E-state index in [4.69, 9.17) is 9.57 Å². The Balaban J connectivity index is 1.75. The number of oxime groups is 1. The molecule has 104 valence electrons.